The van der Waals surface area contributed by atoms with Crippen molar-refractivity contribution in [2.45, 2.75) is 13.0 Å². The van der Waals surface area contributed by atoms with E-state index in [4.69, 9.17) is 21.1 Å². The van der Waals surface area contributed by atoms with Crippen LogP contribution in [0.25, 0.3) is 0 Å². The maximum Gasteiger partial charge on any atom is 0.228 e. The van der Waals surface area contributed by atoms with E-state index < -0.39 is 5.92 Å². The Morgan fingerprint density at radius 3 is 2.89 bits per heavy atom. The molecule has 0 N–H and O–H groups in total. The summed E-state index contributed by atoms with van der Waals surface area (Å²) < 4.78 is 11.1. The van der Waals surface area contributed by atoms with E-state index >= 15 is 0 Å². The second kappa shape index (κ2) is 7.72. The molecule has 2 aromatic carbocycles. The Hall–Kier alpha value is -2.73. The van der Waals surface area contributed by atoms with E-state index in [9.17, 15) is 9.59 Å². The van der Waals surface area contributed by atoms with Crippen LogP contribution in [0.1, 0.15) is 12.0 Å². The quantitative estimate of drug-likeness (QED) is 0.794. The van der Waals surface area contributed by atoms with Crippen LogP contribution in [0.5, 0.6) is 11.5 Å². The number of halogens is 1. The number of ether oxygens (including phenoxy) is 2. The van der Waals surface area contributed by atoms with Crippen LogP contribution in [0, 0.1) is 5.92 Å². The summed E-state index contributed by atoms with van der Waals surface area (Å²) in [4.78, 5) is 29.2. The van der Waals surface area contributed by atoms with Crippen LogP contribution in [0.15, 0.2) is 42.5 Å². The number of carbonyl (C=O) groups excluding carboxylic acids is 2. The van der Waals surface area contributed by atoms with Crippen molar-refractivity contribution in [3.63, 3.8) is 0 Å². The number of fused-ring (bicyclic) bond motifs is 1. The number of nitrogens with zero attached hydrogens (tertiary/aromatic N) is 2. The largest absolute Gasteiger partial charge is 0.495 e. The zero-order valence-electron chi connectivity index (χ0n) is 15.6. The maximum absolute atomic E-state index is 13.1. The first-order valence-electron chi connectivity index (χ1n) is 9.20. The Balaban J connectivity index is 1.53. The highest BCUT2D eigenvalue weighted by Gasteiger charge is 2.38. The summed E-state index contributed by atoms with van der Waals surface area (Å²) in [6.45, 7) is 1.74. The van der Waals surface area contributed by atoms with E-state index in [1.54, 1.807) is 35.1 Å². The van der Waals surface area contributed by atoms with Crippen LogP contribution in [0.4, 0.5) is 5.69 Å². The highest BCUT2D eigenvalue weighted by molar-refractivity contribution is 6.31. The van der Waals surface area contributed by atoms with Crippen molar-refractivity contribution in [1.82, 2.24) is 4.90 Å². The molecule has 0 bridgehead atoms. The van der Waals surface area contributed by atoms with Crippen molar-refractivity contribution >= 4 is 29.1 Å². The van der Waals surface area contributed by atoms with Gasteiger partial charge in [-0.05, 0) is 24.3 Å². The lowest BCUT2D eigenvalue weighted by Crippen LogP contribution is -2.38. The standard InChI is InChI=1S/C21H21ClN2O4/c1-27-19-7-6-16(22)11-17(19)24-13-15(10-20(24)25)21(26)23-8-9-28-18-5-3-2-4-14(18)12-23/h2-7,11,15H,8-10,12-13H2,1H3. The minimum Gasteiger partial charge on any atom is -0.495 e. The van der Waals surface area contributed by atoms with Gasteiger partial charge >= 0.3 is 0 Å². The van der Waals surface area contributed by atoms with Gasteiger partial charge in [-0.25, -0.2) is 0 Å². The van der Waals surface area contributed by atoms with Gasteiger partial charge in [0.25, 0.3) is 0 Å². The Morgan fingerprint density at radius 1 is 1.25 bits per heavy atom. The van der Waals surface area contributed by atoms with Crippen LogP contribution in [-0.2, 0) is 16.1 Å². The molecule has 2 heterocycles. The van der Waals surface area contributed by atoms with Gasteiger partial charge < -0.3 is 19.3 Å². The number of hydrogen-bond donors (Lipinski definition) is 0. The molecule has 1 fully saturated rings. The van der Waals surface area contributed by atoms with Crippen LogP contribution in [0.3, 0.4) is 0 Å². The average Bonchev–Trinajstić information content (AvgIpc) is 2.95. The molecule has 2 aromatic rings. The topological polar surface area (TPSA) is 59.1 Å². The van der Waals surface area contributed by atoms with E-state index in [-0.39, 0.29) is 18.2 Å². The second-order valence-corrected chi connectivity index (χ2v) is 7.37. The van der Waals surface area contributed by atoms with Crippen molar-refractivity contribution in [2.75, 3.05) is 31.7 Å². The highest BCUT2D eigenvalue weighted by Crippen LogP contribution is 2.36. The number of benzene rings is 2. The Labute approximate surface area is 168 Å². The van der Waals surface area contributed by atoms with Gasteiger partial charge in [0.15, 0.2) is 0 Å². The predicted octanol–water partition coefficient (Wildman–Crippen LogP) is 3.12. The molecule has 0 saturated carbocycles. The summed E-state index contributed by atoms with van der Waals surface area (Å²) in [5.74, 6) is 0.831. The van der Waals surface area contributed by atoms with Crippen LogP contribution in [0.2, 0.25) is 5.02 Å². The first-order chi connectivity index (χ1) is 13.6. The first kappa shape index (κ1) is 18.6. The third-order valence-corrected chi connectivity index (χ3v) is 5.41. The lowest BCUT2D eigenvalue weighted by atomic mass is 10.1. The number of rotatable bonds is 3. The van der Waals surface area contributed by atoms with Gasteiger partial charge in [-0.15, -0.1) is 0 Å². The lowest BCUT2D eigenvalue weighted by Gasteiger charge is -2.24. The highest BCUT2D eigenvalue weighted by atomic mass is 35.5. The third-order valence-electron chi connectivity index (χ3n) is 5.17. The fraction of sp³-hybridized carbons (Fsp3) is 0.333. The molecule has 146 valence electrons. The molecule has 0 aromatic heterocycles. The molecular formula is C21H21ClN2O4. The smallest absolute Gasteiger partial charge is 0.228 e. The SMILES string of the molecule is COc1ccc(Cl)cc1N1CC(C(=O)N2CCOc3ccccc3C2)CC1=O. The number of hydrogen-bond acceptors (Lipinski definition) is 4. The molecule has 1 saturated heterocycles. The van der Waals surface area contributed by atoms with Gasteiger partial charge in [0, 0.05) is 30.1 Å². The molecule has 2 aliphatic heterocycles. The number of methoxy groups -OCH3 is 1. The van der Waals surface area contributed by atoms with Gasteiger partial charge in [0.2, 0.25) is 11.8 Å². The van der Waals surface area contributed by atoms with E-state index in [0.717, 1.165) is 11.3 Å². The first-order valence-corrected chi connectivity index (χ1v) is 9.58. The lowest BCUT2D eigenvalue weighted by molar-refractivity contribution is -0.136. The monoisotopic (exact) mass is 400 g/mol. The summed E-state index contributed by atoms with van der Waals surface area (Å²) in [5.41, 5.74) is 1.57. The van der Waals surface area contributed by atoms with Crippen LogP contribution >= 0.6 is 11.6 Å². The van der Waals surface area contributed by atoms with Crippen LogP contribution < -0.4 is 14.4 Å². The van der Waals surface area contributed by atoms with E-state index in [2.05, 4.69) is 0 Å². The molecule has 0 spiro atoms. The van der Waals surface area contributed by atoms with Crippen molar-refractivity contribution in [3.05, 3.63) is 53.1 Å². The number of amides is 2. The number of para-hydroxylation sites is 1. The summed E-state index contributed by atoms with van der Waals surface area (Å²) in [6.07, 6.45) is 0.174. The minimum atomic E-state index is -0.401. The van der Waals surface area contributed by atoms with Gasteiger partial charge in [0.05, 0.1) is 25.3 Å². The summed E-state index contributed by atoms with van der Waals surface area (Å²) >= 11 is 6.10. The van der Waals surface area contributed by atoms with E-state index in [1.165, 1.54) is 0 Å². The molecule has 1 atom stereocenters. The summed E-state index contributed by atoms with van der Waals surface area (Å²) in [6, 6.07) is 12.9. The molecular weight excluding hydrogens is 380 g/mol. The molecule has 2 aliphatic rings. The fourth-order valence-corrected chi connectivity index (χ4v) is 3.92. The van der Waals surface area contributed by atoms with Crippen molar-refractivity contribution in [1.29, 1.82) is 0 Å². The predicted molar refractivity (Wildman–Crippen MR) is 106 cm³/mol. The normalized spacial score (nSPS) is 19.1. The van der Waals surface area contributed by atoms with Gasteiger partial charge in [-0.2, -0.15) is 0 Å². The Morgan fingerprint density at radius 2 is 2.07 bits per heavy atom. The average molecular weight is 401 g/mol. The molecule has 7 heteroatoms. The van der Waals surface area contributed by atoms with Crippen molar-refractivity contribution in [2.24, 2.45) is 5.92 Å². The molecule has 2 amide bonds. The molecule has 28 heavy (non-hydrogen) atoms. The zero-order chi connectivity index (χ0) is 19.7. The molecule has 4 rings (SSSR count). The van der Waals surface area contributed by atoms with E-state index in [1.807, 2.05) is 24.3 Å². The molecule has 1 unspecified atom stereocenters. The number of anilines is 1. The fourth-order valence-electron chi connectivity index (χ4n) is 3.75. The third kappa shape index (κ3) is 3.52. The Kier molecular flexibility index (Phi) is 5.13. The summed E-state index contributed by atoms with van der Waals surface area (Å²) in [5, 5.41) is 0.514. The molecule has 0 radical (unpaired) electrons. The second-order valence-electron chi connectivity index (χ2n) is 6.94. The van der Waals surface area contributed by atoms with Gasteiger partial charge in [-0.3, -0.25) is 9.59 Å². The van der Waals surface area contributed by atoms with Crippen LogP contribution in [-0.4, -0.2) is 43.5 Å². The van der Waals surface area contributed by atoms with Crippen molar-refractivity contribution in [3.8, 4) is 11.5 Å². The van der Waals surface area contributed by atoms with Gasteiger partial charge in [-0.1, -0.05) is 29.8 Å². The number of carbonyl (C=O) groups is 2. The minimum absolute atomic E-state index is 0.0304. The zero-order valence-corrected chi connectivity index (χ0v) is 16.3. The van der Waals surface area contributed by atoms with Crippen molar-refractivity contribution < 1.29 is 19.1 Å². The van der Waals surface area contributed by atoms with Gasteiger partial charge in [0.1, 0.15) is 18.1 Å². The molecule has 6 nitrogen and oxygen atoms in total. The van der Waals surface area contributed by atoms with E-state index in [0.29, 0.717) is 42.7 Å². The maximum atomic E-state index is 13.1. The summed E-state index contributed by atoms with van der Waals surface area (Å²) in [7, 11) is 1.55. The Bertz CT molecular complexity index is 917. The molecule has 0 aliphatic carbocycles.